The minimum atomic E-state index is -0.368. The van der Waals surface area contributed by atoms with Crippen LogP contribution in [0.4, 0.5) is 11.4 Å². The molecule has 1 aromatic carbocycles. The number of nitrogens with one attached hydrogen (secondary N) is 1. The van der Waals surface area contributed by atoms with Gasteiger partial charge in [0.05, 0.1) is 17.6 Å². The molecule has 2 rings (SSSR count). The van der Waals surface area contributed by atoms with Crippen LogP contribution in [0.1, 0.15) is 20.3 Å². The molecule has 0 radical (unpaired) electrons. The van der Waals surface area contributed by atoms with Gasteiger partial charge in [-0.15, -0.1) is 0 Å². The second kappa shape index (κ2) is 6.56. The summed E-state index contributed by atoms with van der Waals surface area (Å²) in [5, 5.41) is 14.4. The lowest BCUT2D eigenvalue weighted by atomic mass is 10.1. The lowest BCUT2D eigenvalue weighted by molar-refractivity contribution is -0.384. The monoisotopic (exact) mass is 279 g/mol. The number of nitro benzene ring substituents is 1. The summed E-state index contributed by atoms with van der Waals surface area (Å²) in [5.74, 6) is 0.557. The van der Waals surface area contributed by atoms with E-state index >= 15 is 0 Å². The third-order valence-corrected chi connectivity index (χ3v) is 3.55. The van der Waals surface area contributed by atoms with E-state index in [4.69, 9.17) is 4.74 Å². The Morgan fingerprint density at radius 1 is 1.45 bits per heavy atom. The smallest absolute Gasteiger partial charge is 0.275 e. The van der Waals surface area contributed by atoms with E-state index in [1.165, 1.54) is 6.07 Å². The molecule has 0 spiro atoms. The number of nitrogens with zero attached hydrogens (tertiary/aromatic N) is 2. The van der Waals surface area contributed by atoms with Crippen molar-refractivity contribution in [1.29, 1.82) is 0 Å². The lowest BCUT2D eigenvalue weighted by Gasteiger charge is -2.29. The van der Waals surface area contributed by atoms with Crippen LogP contribution in [-0.2, 0) is 0 Å². The molecule has 6 heteroatoms. The number of non-ortho nitro benzene ring substituents is 1. The number of rotatable bonds is 6. The Hall–Kier alpha value is -1.82. The Balaban J connectivity index is 2.34. The van der Waals surface area contributed by atoms with Crippen molar-refractivity contribution in [2.45, 2.75) is 26.3 Å². The Morgan fingerprint density at radius 3 is 2.80 bits per heavy atom. The first-order valence-electron chi connectivity index (χ1n) is 7.05. The summed E-state index contributed by atoms with van der Waals surface area (Å²) in [4.78, 5) is 12.9. The van der Waals surface area contributed by atoms with Crippen LogP contribution in [0.15, 0.2) is 18.2 Å². The lowest BCUT2D eigenvalue weighted by Crippen LogP contribution is -2.36. The number of nitro groups is 1. The maximum absolute atomic E-state index is 11.1. The number of ether oxygens (including phenoxy) is 1. The van der Waals surface area contributed by atoms with E-state index in [0.717, 1.165) is 31.7 Å². The van der Waals surface area contributed by atoms with Crippen LogP contribution < -0.4 is 15.0 Å². The van der Waals surface area contributed by atoms with E-state index in [2.05, 4.69) is 17.1 Å². The molecule has 110 valence electrons. The number of benzene rings is 1. The van der Waals surface area contributed by atoms with Crippen molar-refractivity contribution in [1.82, 2.24) is 5.32 Å². The van der Waals surface area contributed by atoms with Gasteiger partial charge in [0, 0.05) is 37.0 Å². The molecule has 6 nitrogen and oxygen atoms in total. The highest BCUT2D eigenvalue weighted by atomic mass is 16.6. The summed E-state index contributed by atoms with van der Waals surface area (Å²) in [5.41, 5.74) is 0.939. The molecule has 0 amide bonds. The molecule has 1 aliphatic heterocycles. The Bertz CT molecular complexity index is 473. The highest BCUT2D eigenvalue weighted by Crippen LogP contribution is 2.30. The van der Waals surface area contributed by atoms with E-state index in [9.17, 15) is 10.1 Å². The van der Waals surface area contributed by atoms with Gasteiger partial charge in [-0.2, -0.15) is 0 Å². The van der Waals surface area contributed by atoms with Gasteiger partial charge in [0.15, 0.2) is 0 Å². The molecule has 1 saturated heterocycles. The first kappa shape index (κ1) is 14.6. The standard InChI is InChI=1S/C14H21N3O3/c1-3-16(11-5-6-15-10-11)12-7-13(17(18)19)9-14(8-12)20-4-2/h7-9,11,15H,3-6,10H2,1-2H3. The summed E-state index contributed by atoms with van der Waals surface area (Å²) in [6, 6.07) is 5.38. The fourth-order valence-corrected chi connectivity index (χ4v) is 2.65. The highest BCUT2D eigenvalue weighted by Gasteiger charge is 2.23. The molecule has 1 atom stereocenters. The zero-order valence-corrected chi connectivity index (χ0v) is 12.0. The Kier molecular flexibility index (Phi) is 4.79. The van der Waals surface area contributed by atoms with Crippen molar-refractivity contribution >= 4 is 11.4 Å². The normalized spacial score (nSPS) is 18.0. The average molecular weight is 279 g/mol. The largest absolute Gasteiger partial charge is 0.494 e. The van der Waals surface area contributed by atoms with Crippen molar-refractivity contribution in [3.8, 4) is 5.75 Å². The molecule has 1 fully saturated rings. The number of hydrogen-bond donors (Lipinski definition) is 1. The molecule has 0 saturated carbocycles. The summed E-state index contributed by atoms with van der Waals surface area (Å²) in [7, 11) is 0. The number of anilines is 1. The minimum Gasteiger partial charge on any atom is -0.494 e. The van der Waals surface area contributed by atoms with E-state index in [0.29, 0.717) is 18.4 Å². The van der Waals surface area contributed by atoms with Crippen molar-refractivity contribution in [2.24, 2.45) is 0 Å². The van der Waals surface area contributed by atoms with Crippen LogP contribution in [0.2, 0.25) is 0 Å². The molecular formula is C14H21N3O3. The summed E-state index contributed by atoms with van der Waals surface area (Å²) in [6.07, 6.45) is 1.06. The molecule has 1 N–H and O–H groups in total. The van der Waals surface area contributed by atoms with Gasteiger partial charge >= 0.3 is 0 Å². The Labute approximate surface area is 118 Å². The average Bonchev–Trinajstić information content (AvgIpc) is 2.93. The van der Waals surface area contributed by atoms with E-state index in [1.807, 2.05) is 13.0 Å². The molecule has 1 heterocycles. The van der Waals surface area contributed by atoms with Gasteiger partial charge in [0.25, 0.3) is 5.69 Å². The van der Waals surface area contributed by atoms with Crippen molar-refractivity contribution < 1.29 is 9.66 Å². The quantitative estimate of drug-likeness (QED) is 0.638. The van der Waals surface area contributed by atoms with Gasteiger partial charge < -0.3 is 15.0 Å². The van der Waals surface area contributed by atoms with E-state index in [1.54, 1.807) is 6.07 Å². The fraction of sp³-hybridized carbons (Fsp3) is 0.571. The van der Waals surface area contributed by atoms with Crippen molar-refractivity contribution in [3.05, 3.63) is 28.3 Å². The first-order valence-corrected chi connectivity index (χ1v) is 7.05. The second-order valence-corrected chi connectivity index (χ2v) is 4.81. The van der Waals surface area contributed by atoms with Crippen LogP contribution in [0.3, 0.4) is 0 Å². The molecule has 0 aliphatic carbocycles. The van der Waals surface area contributed by atoms with Gasteiger partial charge in [-0.25, -0.2) is 0 Å². The summed E-state index contributed by atoms with van der Waals surface area (Å²) in [6.45, 7) is 7.17. The van der Waals surface area contributed by atoms with Crippen LogP contribution in [0.5, 0.6) is 5.75 Å². The van der Waals surface area contributed by atoms with E-state index in [-0.39, 0.29) is 10.6 Å². The molecular weight excluding hydrogens is 258 g/mol. The predicted octanol–water partition coefficient (Wildman–Crippen LogP) is 2.18. The minimum absolute atomic E-state index is 0.0790. The van der Waals surface area contributed by atoms with Gasteiger partial charge in [0.2, 0.25) is 0 Å². The number of hydrogen-bond acceptors (Lipinski definition) is 5. The van der Waals surface area contributed by atoms with Crippen molar-refractivity contribution in [2.75, 3.05) is 31.1 Å². The van der Waals surface area contributed by atoms with Crippen LogP contribution in [-0.4, -0.2) is 37.2 Å². The maximum atomic E-state index is 11.1. The molecule has 1 unspecified atom stereocenters. The Morgan fingerprint density at radius 2 is 2.25 bits per heavy atom. The third-order valence-electron chi connectivity index (χ3n) is 3.55. The molecule has 0 aromatic heterocycles. The van der Waals surface area contributed by atoms with Crippen LogP contribution >= 0.6 is 0 Å². The first-order chi connectivity index (χ1) is 9.65. The van der Waals surface area contributed by atoms with Crippen LogP contribution in [0, 0.1) is 10.1 Å². The summed E-state index contributed by atoms with van der Waals surface area (Å²) >= 11 is 0. The van der Waals surface area contributed by atoms with E-state index < -0.39 is 0 Å². The second-order valence-electron chi connectivity index (χ2n) is 4.81. The molecule has 1 aromatic rings. The molecule has 0 bridgehead atoms. The highest BCUT2D eigenvalue weighted by molar-refractivity contribution is 5.58. The topological polar surface area (TPSA) is 67.6 Å². The zero-order chi connectivity index (χ0) is 14.5. The SMILES string of the molecule is CCOc1cc(N(CC)C2CCNC2)cc([N+](=O)[O-])c1. The number of likely N-dealkylation sites (N-methyl/N-ethyl adjacent to an activating group) is 1. The van der Waals surface area contributed by atoms with Gasteiger partial charge in [-0.1, -0.05) is 0 Å². The van der Waals surface area contributed by atoms with Gasteiger partial charge in [0.1, 0.15) is 5.75 Å². The third kappa shape index (κ3) is 3.19. The van der Waals surface area contributed by atoms with Crippen molar-refractivity contribution in [3.63, 3.8) is 0 Å². The summed E-state index contributed by atoms with van der Waals surface area (Å²) < 4.78 is 5.45. The molecule has 1 aliphatic rings. The fourth-order valence-electron chi connectivity index (χ4n) is 2.65. The predicted molar refractivity (Wildman–Crippen MR) is 78.6 cm³/mol. The zero-order valence-electron chi connectivity index (χ0n) is 12.0. The van der Waals surface area contributed by atoms with Crippen LogP contribution in [0.25, 0.3) is 0 Å². The molecule has 20 heavy (non-hydrogen) atoms. The van der Waals surface area contributed by atoms with Gasteiger partial charge in [-0.3, -0.25) is 10.1 Å². The maximum Gasteiger partial charge on any atom is 0.275 e. The van der Waals surface area contributed by atoms with Gasteiger partial charge in [-0.05, 0) is 26.8 Å².